The number of rotatable bonds is 4. The Morgan fingerprint density at radius 3 is 2.60 bits per heavy atom. The zero-order valence-electron chi connectivity index (χ0n) is 15.4. The van der Waals surface area contributed by atoms with E-state index in [1.807, 2.05) is 19.2 Å². The van der Waals surface area contributed by atoms with E-state index in [2.05, 4.69) is 37.0 Å². The Morgan fingerprint density at radius 1 is 1.24 bits per heavy atom. The van der Waals surface area contributed by atoms with Crippen LogP contribution in [0.15, 0.2) is 42.6 Å². The minimum atomic E-state index is -0.190. The molecular formula is C22H27FN2. The highest BCUT2D eigenvalue weighted by molar-refractivity contribution is 5.81. The number of aromatic nitrogens is 1. The van der Waals surface area contributed by atoms with Gasteiger partial charge in [-0.1, -0.05) is 26.0 Å². The Bertz CT molecular complexity index is 741. The first-order valence-electron chi connectivity index (χ1n) is 9.26. The first-order valence-corrected chi connectivity index (χ1v) is 9.26. The predicted molar refractivity (Wildman–Crippen MR) is 103 cm³/mol. The summed E-state index contributed by atoms with van der Waals surface area (Å²) in [6, 6.07) is 9.25. The van der Waals surface area contributed by atoms with Crippen LogP contribution in [0.4, 0.5) is 10.2 Å². The molecule has 0 amide bonds. The van der Waals surface area contributed by atoms with Gasteiger partial charge in [0.25, 0.3) is 0 Å². The molecule has 2 aromatic rings. The summed E-state index contributed by atoms with van der Waals surface area (Å²) in [4.78, 5) is 7.09. The van der Waals surface area contributed by atoms with Gasteiger partial charge in [0.2, 0.25) is 0 Å². The third-order valence-electron chi connectivity index (χ3n) is 5.05. The molecule has 0 atom stereocenters. The van der Waals surface area contributed by atoms with Crippen molar-refractivity contribution in [2.24, 2.45) is 5.92 Å². The van der Waals surface area contributed by atoms with Crippen LogP contribution in [-0.2, 0) is 0 Å². The summed E-state index contributed by atoms with van der Waals surface area (Å²) in [7, 11) is 0. The molecular weight excluding hydrogens is 311 g/mol. The maximum absolute atomic E-state index is 13.4. The monoisotopic (exact) mass is 338 g/mol. The van der Waals surface area contributed by atoms with Crippen LogP contribution in [-0.4, -0.2) is 18.1 Å². The molecule has 2 nitrogen and oxygen atoms in total. The molecule has 0 aliphatic carbocycles. The molecule has 1 aliphatic rings. The topological polar surface area (TPSA) is 16.1 Å². The van der Waals surface area contributed by atoms with Gasteiger partial charge in [0, 0.05) is 24.8 Å². The van der Waals surface area contributed by atoms with Crippen molar-refractivity contribution in [3.63, 3.8) is 0 Å². The Kier molecular flexibility index (Phi) is 5.52. The van der Waals surface area contributed by atoms with Crippen LogP contribution in [0.25, 0.3) is 5.57 Å². The maximum atomic E-state index is 13.4. The lowest BCUT2D eigenvalue weighted by molar-refractivity contribution is 0.436. The smallest absolute Gasteiger partial charge is 0.128 e. The predicted octanol–water partition coefficient (Wildman–Crippen LogP) is 5.61. The van der Waals surface area contributed by atoms with Gasteiger partial charge in [-0.2, -0.15) is 0 Å². The number of allylic oxidation sites excluding steroid dienone is 1. The summed E-state index contributed by atoms with van der Waals surface area (Å²) in [6.45, 7) is 8.57. The fourth-order valence-corrected chi connectivity index (χ4v) is 3.49. The number of benzene rings is 1. The van der Waals surface area contributed by atoms with E-state index in [-0.39, 0.29) is 5.82 Å². The summed E-state index contributed by atoms with van der Waals surface area (Å²) in [6.07, 6.45) is 7.55. The van der Waals surface area contributed by atoms with Crippen molar-refractivity contribution in [2.75, 3.05) is 18.0 Å². The van der Waals surface area contributed by atoms with Crippen molar-refractivity contribution in [2.45, 2.75) is 40.0 Å². The van der Waals surface area contributed by atoms with Gasteiger partial charge in [-0.15, -0.1) is 0 Å². The van der Waals surface area contributed by atoms with Crippen molar-refractivity contribution >= 4 is 11.4 Å². The van der Waals surface area contributed by atoms with E-state index in [0.717, 1.165) is 53.5 Å². The molecule has 0 unspecified atom stereocenters. The number of hydrogen-bond acceptors (Lipinski definition) is 2. The lowest BCUT2D eigenvalue weighted by atomic mass is 9.94. The van der Waals surface area contributed by atoms with Gasteiger partial charge in [-0.05, 0) is 73.1 Å². The number of piperidine rings is 1. The van der Waals surface area contributed by atoms with Crippen LogP contribution in [0.2, 0.25) is 0 Å². The summed E-state index contributed by atoms with van der Waals surface area (Å²) in [5, 5.41) is 0. The summed E-state index contributed by atoms with van der Waals surface area (Å²) >= 11 is 0. The second-order valence-electron chi connectivity index (χ2n) is 7.06. The average Bonchev–Trinajstić information content (AvgIpc) is 2.61. The van der Waals surface area contributed by atoms with Crippen LogP contribution in [0.3, 0.4) is 0 Å². The molecule has 0 spiro atoms. The van der Waals surface area contributed by atoms with E-state index in [0.29, 0.717) is 0 Å². The Balaban J connectivity index is 1.86. The molecule has 0 bridgehead atoms. The molecule has 3 rings (SSSR count). The molecule has 1 aliphatic heterocycles. The Hall–Kier alpha value is -2.16. The van der Waals surface area contributed by atoms with Crippen molar-refractivity contribution < 1.29 is 4.39 Å². The van der Waals surface area contributed by atoms with E-state index in [1.165, 1.54) is 18.9 Å². The van der Waals surface area contributed by atoms with E-state index in [4.69, 9.17) is 4.98 Å². The molecule has 0 radical (unpaired) electrons. The van der Waals surface area contributed by atoms with Crippen molar-refractivity contribution in [1.82, 2.24) is 4.98 Å². The fraction of sp³-hybridized carbons (Fsp3) is 0.409. The third kappa shape index (κ3) is 4.09. The number of hydrogen-bond donors (Lipinski definition) is 0. The standard InChI is InChI=1S/C22H27FN2/c1-4-5-21(20-8-7-19(23)14-17(20)3)18-6-9-22(24-15-18)25-12-10-16(2)11-13-25/h5-9,14-16H,4,10-13H2,1-3H3. The number of halogens is 1. The first-order chi connectivity index (χ1) is 12.1. The van der Waals surface area contributed by atoms with E-state index in [1.54, 1.807) is 6.07 Å². The summed E-state index contributed by atoms with van der Waals surface area (Å²) in [5.74, 6) is 1.68. The number of nitrogens with zero attached hydrogens (tertiary/aromatic N) is 2. The molecule has 0 N–H and O–H groups in total. The Labute approximate surface area is 150 Å². The minimum absolute atomic E-state index is 0.190. The molecule has 1 saturated heterocycles. The van der Waals surface area contributed by atoms with Crippen LogP contribution >= 0.6 is 0 Å². The fourth-order valence-electron chi connectivity index (χ4n) is 3.49. The zero-order chi connectivity index (χ0) is 17.8. The van der Waals surface area contributed by atoms with Gasteiger partial charge >= 0.3 is 0 Å². The number of pyridine rings is 1. The summed E-state index contributed by atoms with van der Waals surface area (Å²) < 4.78 is 13.4. The third-order valence-corrected chi connectivity index (χ3v) is 5.05. The molecule has 2 heterocycles. The largest absolute Gasteiger partial charge is 0.357 e. The molecule has 1 aromatic heterocycles. The molecule has 25 heavy (non-hydrogen) atoms. The minimum Gasteiger partial charge on any atom is -0.357 e. The van der Waals surface area contributed by atoms with E-state index < -0.39 is 0 Å². The highest BCUT2D eigenvalue weighted by Crippen LogP contribution is 2.28. The summed E-state index contributed by atoms with van der Waals surface area (Å²) in [5.41, 5.74) is 4.25. The van der Waals surface area contributed by atoms with Gasteiger partial charge in [0.15, 0.2) is 0 Å². The van der Waals surface area contributed by atoms with Crippen LogP contribution in [0.1, 0.15) is 49.8 Å². The van der Waals surface area contributed by atoms with Crippen molar-refractivity contribution in [3.05, 3.63) is 65.1 Å². The van der Waals surface area contributed by atoms with Gasteiger partial charge in [-0.3, -0.25) is 0 Å². The number of aryl methyl sites for hydroxylation is 1. The van der Waals surface area contributed by atoms with Gasteiger partial charge in [0.1, 0.15) is 11.6 Å². The second kappa shape index (κ2) is 7.81. The highest BCUT2D eigenvalue weighted by Gasteiger charge is 2.17. The molecule has 0 saturated carbocycles. The first kappa shape index (κ1) is 17.7. The normalized spacial score (nSPS) is 16.3. The lowest BCUT2D eigenvalue weighted by Gasteiger charge is -2.31. The van der Waals surface area contributed by atoms with Gasteiger partial charge in [-0.25, -0.2) is 9.37 Å². The molecule has 132 valence electrons. The lowest BCUT2D eigenvalue weighted by Crippen LogP contribution is -2.33. The van der Waals surface area contributed by atoms with Crippen molar-refractivity contribution in [1.29, 1.82) is 0 Å². The van der Waals surface area contributed by atoms with Crippen LogP contribution < -0.4 is 4.90 Å². The quantitative estimate of drug-likeness (QED) is 0.720. The van der Waals surface area contributed by atoms with Crippen molar-refractivity contribution in [3.8, 4) is 0 Å². The second-order valence-corrected chi connectivity index (χ2v) is 7.06. The molecule has 1 aromatic carbocycles. The van der Waals surface area contributed by atoms with Crippen LogP contribution in [0.5, 0.6) is 0 Å². The Morgan fingerprint density at radius 2 is 2.00 bits per heavy atom. The number of anilines is 1. The molecule has 3 heteroatoms. The van der Waals surface area contributed by atoms with Gasteiger partial charge in [0.05, 0.1) is 0 Å². The van der Waals surface area contributed by atoms with Crippen LogP contribution in [0, 0.1) is 18.7 Å². The SMILES string of the molecule is CCC=C(c1ccc(N2CCC(C)CC2)nc1)c1ccc(F)cc1C. The van der Waals surface area contributed by atoms with Gasteiger partial charge < -0.3 is 4.90 Å². The highest BCUT2D eigenvalue weighted by atomic mass is 19.1. The molecule has 1 fully saturated rings. The maximum Gasteiger partial charge on any atom is 0.128 e. The van der Waals surface area contributed by atoms with E-state index in [9.17, 15) is 4.39 Å². The van der Waals surface area contributed by atoms with E-state index >= 15 is 0 Å². The average molecular weight is 338 g/mol. The zero-order valence-corrected chi connectivity index (χ0v) is 15.4.